The van der Waals surface area contributed by atoms with E-state index in [1.54, 1.807) is 7.11 Å². The molecule has 40 heavy (non-hydrogen) atoms. The normalized spacial score (nSPS) is 24.3. The summed E-state index contributed by atoms with van der Waals surface area (Å²) in [5.41, 5.74) is 2.40. The Balaban J connectivity index is 1.27. The van der Waals surface area contributed by atoms with E-state index in [0.29, 0.717) is 24.0 Å². The molecular formula is C33H46ClNO5. The molecule has 1 aliphatic heterocycles. The smallest absolute Gasteiger partial charge is 0.306 e. The van der Waals surface area contributed by atoms with Crippen LogP contribution in [0.25, 0.3) is 0 Å². The maximum Gasteiger partial charge on any atom is 0.306 e. The first kappa shape index (κ1) is 30.7. The number of carbonyl (C=O) groups excluding carboxylic acids is 1. The highest BCUT2D eigenvalue weighted by Gasteiger charge is 2.41. The van der Waals surface area contributed by atoms with E-state index in [4.69, 9.17) is 30.5 Å². The number of hydrogen-bond donors (Lipinski definition) is 1. The maximum absolute atomic E-state index is 11.8. The Labute approximate surface area is 245 Å². The van der Waals surface area contributed by atoms with Gasteiger partial charge in [0.15, 0.2) is 0 Å². The van der Waals surface area contributed by atoms with Crippen LogP contribution in [0.1, 0.15) is 83.3 Å². The van der Waals surface area contributed by atoms with Crippen LogP contribution >= 0.6 is 11.6 Å². The zero-order valence-corrected chi connectivity index (χ0v) is 25.4. The Morgan fingerprint density at radius 2 is 1.85 bits per heavy atom. The number of esters is 1. The topological polar surface area (TPSA) is 66.0 Å². The van der Waals surface area contributed by atoms with Gasteiger partial charge < -0.3 is 24.3 Å². The van der Waals surface area contributed by atoms with E-state index >= 15 is 0 Å². The van der Waals surface area contributed by atoms with Gasteiger partial charge in [-0.1, -0.05) is 29.8 Å². The fraction of sp³-hybridized carbons (Fsp3) is 0.606. The van der Waals surface area contributed by atoms with Gasteiger partial charge in [-0.2, -0.15) is 0 Å². The first-order valence-corrected chi connectivity index (χ1v) is 15.2. The highest BCUT2D eigenvalue weighted by atomic mass is 35.5. The lowest BCUT2D eigenvalue weighted by molar-refractivity contribution is -0.144. The van der Waals surface area contributed by atoms with Crippen molar-refractivity contribution < 1.29 is 23.7 Å². The van der Waals surface area contributed by atoms with Crippen LogP contribution in [0.5, 0.6) is 11.5 Å². The van der Waals surface area contributed by atoms with Crippen molar-refractivity contribution in [3.05, 3.63) is 58.6 Å². The van der Waals surface area contributed by atoms with Gasteiger partial charge in [-0.3, -0.25) is 4.79 Å². The number of hydrogen-bond acceptors (Lipinski definition) is 6. The number of rotatable bonds is 12. The van der Waals surface area contributed by atoms with E-state index in [-0.39, 0.29) is 23.1 Å². The first-order valence-electron chi connectivity index (χ1n) is 14.8. The lowest BCUT2D eigenvalue weighted by atomic mass is 9.67. The summed E-state index contributed by atoms with van der Waals surface area (Å²) in [5, 5.41) is 4.30. The molecule has 1 saturated heterocycles. The van der Waals surface area contributed by atoms with Crippen LogP contribution in [0, 0.1) is 5.92 Å². The van der Waals surface area contributed by atoms with Gasteiger partial charge in [0.05, 0.1) is 30.4 Å². The molecule has 2 aromatic rings. The summed E-state index contributed by atoms with van der Waals surface area (Å²) >= 11 is 6.64. The van der Waals surface area contributed by atoms with Crippen molar-refractivity contribution in [2.24, 2.45) is 5.92 Å². The van der Waals surface area contributed by atoms with Gasteiger partial charge in [0.25, 0.3) is 0 Å². The standard InChI is InChI=1S/C33H46ClNO5/c1-5-38-31(36)21-24-6-11-28(12-7-24)40-30-15-8-25(20-29(30)34)22-35-18-16-33(17-19-39-32(2,3)23-33)26-9-13-27(37-4)14-10-26/h8-10,13-15,20,24,28,35H,5-7,11-12,16-19,21-23H2,1-4H3. The molecule has 1 saturated carbocycles. The van der Waals surface area contributed by atoms with Crippen molar-refractivity contribution in [1.82, 2.24) is 5.32 Å². The van der Waals surface area contributed by atoms with Crippen molar-refractivity contribution in [1.29, 1.82) is 0 Å². The number of methoxy groups -OCH3 is 1. The number of carbonyl (C=O) groups is 1. The van der Waals surface area contributed by atoms with Crippen LogP contribution in [0.2, 0.25) is 5.02 Å². The quantitative estimate of drug-likeness (QED) is 0.214. The molecule has 2 aliphatic rings. The number of halogens is 1. The second-order valence-electron chi connectivity index (χ2n) is 12.0. The molecular weight excluding hydrogens is 526 g/mol. The molecule has 2 fully saturated rings. The van der Waals surface area contributed by atoms with Crippen molar-refractivity contribution in [2.45, 2.75) is 95.8 Å². The molecule has 6 nitrogen and oxygen atoms in total. The molecule has 1 aliphatic carbocycles. The zero-order valence-electron chi connectivity index (χ0n) is 24.6. The minimum absolute atomic E-state index is 0.0612. The van der Waals surface area contributed by atoms with Crippen LogP contribution in [0.4, 0.5) is 0 Å². The van der Waals surface area contributed by atoms with Crippen molar-refractivity contribution in [2.75, 3.05) is 26.9 Å². The van der Waals surface area contributed by atoms with Gasteiger partial charge in [0, 0.05) is 25.0 Å². The van der Waals surface area contributed by atoms with Crippen LogP contribution < -0.4 is 14.8 Å². The third-order valence-electron chi connectivity index (χ3n) is 8.49. The summed E-state index contributed by atoms with van der Waals surface area (Å²) in [6.45, 7) is 9.09. The van der Waals surface area contributed by atoms with Gasteiger partial charge in [-0.15, -0.1) is 0 Å². The van der Waals surface area contributed by atoms with E-state index in [2.05, 4.69) is 49.5 Å². The molecule has 1 atom stereocenters. The molecule has 0 aromatic heterocycles. The lowest BCUT2D eigenvalue weighted by Gasteiger charge is -2.45. The SMILES string of the molecule is CCOC(=O)CC1CCC(Oc2ccc(CNCCC3(c4ccc(OC)cc4)CCOC(C)(C)C3)cc2Cl)CC1. The Bertz CT molecular complexity index is 1100. The van der Waals surface area contributed by atoms with Gasteiger partial charge in [0.2, 0.25) is 0 Å². The molecule has 2 aromatic carbocycles. The van der Waals surface area contributed by atoms with Gasteiger partial charge in [-0.05, 0) is 114 Å². The largest absolute Gasteiger partial charge is 0.497 e. The molecule has 0 spiro atoms. The Morgan fingerprint density at radius 3 is 2.50 bits per heavy atom. The molecule has 7 heteroatoms. The highest BCUT2D eigenvalue weighted by molar-refractivity contribution is 6.32. The third-order valence-corrected chi connectivity index (χ3v) is 8.79. The third kappa shape index (κ3) is 8.37. The monoisotopic (exact) mass is 571 g/mol. The molecule has 4 rings (SSSR count). The highest BCUT2D eigenvalue weighted by Crippen LogP contribution is 2.44. The predicted octanol–water partition coefficient (Wildman–Crippen LogP) is 7.25. The van der Waals surface area contributed by atoms with Crippen LogP contribution in [0.3, 0.4) is 0 Å². The molecule has 1 N–H and O–H groups in total. The molecule has 1 unspecified atom stereocenters. The van der Waals surface area contributed by atoms with Crippen molar-refractivity contribution in [3.63, 3.8) is 0 Å². The van der Waals surface area contributed by atoms with Crippen molar-refractivity contribution in [3.8, 4) is 11.5 Å². The summed E-state index contributed by atoms with van der Waals surface area (Å²) in [7, 11) is 1.71. The summed E-state index contributed by atoms with van der Waals surface area (Å²) in [5.74, 6) is 1.92. The summed E-state index contributed by atoms with van der Waals surface area (Å²) < 4.78 is 22.8. The van der Waals surface area contributed by atoms with Crippen LogP contribution in [0.15, 0.2) is 42.5 Å². The Kier molecular flexibility index (Phi) is 10.8. The minimum Gasteiger partial charge on any atom is -0.497 e. The van der Waals surface area contributed by atoms with Crippen molar-refractivity contribution >= 4 is 17.6 Å². The fourth-order valence-corrected chi connectivity index (χ4v) is 6.67. The summed E-state index contributed by atoms with van der Waals surface area (Å²) in [6.07, 6.45) is 7.48. The van der Waals surface area contributed by atoms with Gasteiger partial charge >= 0.3 is 5.97 Å². The van der Waals surface area contributed by atoms with Crippen LogP contribution in [-0.4, -0.2) is 44.5 Å². The second-order valence-corrected chi connectivity index (χ2v) is 12.4. The average Bonchev–Trinajstić information content (AvgIpc) is 2.93. The average molecular weight is 572 g/mol. The van der Waals surface area contributed by atoms with Gasteiger partial charge in [0.1, 0.15) is 11.5 Å². The Morgan fingerprint density at radius 1 is 1.10 bits per heavy atom. The number of benzene rings is 2. The molecule has 0 radical (unpaired) electrons. The summed E-state index contributed by atoms with van der Waals surface area (Å²) in [6, 6.07) is 14.6. The number of ether oxygens (including phenoxy) is 4. The zero-order chi connectivity index (χ0) is 28.6. The van der Waals surface area contributed by atoms with Crippen LogP contribution in [-0.2, 0) is 26.2 Å². The van der Waals surface area contributed by atoms with E-state index in [0.717, 1.165) is 81.7 Å². The fourth-order valence-electron chi connectivity index (χ4n) is 6.43. The molecule has 0 bridgehead atoms. The second kappa shape index (κ2) is 14.1. The minimum atomic E-state index is -0.151. The van der Waals surface area contributed by atoms with Gasteiger partial charge in [-0.25, -0.2) is 0 Å². The first-order chi connectivity index (χ1) is 19.2. The Hall–Kier alpha value is -2.28. The molecule has 1 heterocycles. The van der Waals surface area contributed by atoms with E-state index < -0.39 is 0 Å². The molecule has 0 amide bonds. The lowest BCUT2D eigenvalue weighted by Crippen LogP contribution is -2.45. The summed E-state index contributed by atoms with van der Waals surface area (Å²) in [4.78, 5) is 11.8. The van der Waals surface area contributed by atoms with E-state index in [1.807, 2.05) is 19.1 Å². The maximum atomic E-state index is 11.8. The van der Waals surface area contributed by atoms with E-state index in [1.165, 1.54) is 5.56 Å². The van der Waals surface area contributed by atoms with E-state index in [9.17, 15) is 4.79 Å². The molecule has 220 valence electrons. The number of nitrogens with one attached hydrogen (secondary N) is 1. The predicted molar refractivity (Wildman–Crippen MR) is 159 cm³/mol.